The third-order valence-corrected chi connectivity index (χ3v) is 7.38. The Labute approximate surface area is 209 Å². The monoisotopic (exact) mass is 469 g/mol. The maximum Gasteiger partial charge on any atom is 0.119 e. The fraction of sp³-hybridized carbons (Fsp3) is 0.355. The predicted molar refractivity (Wildman–Crippen MR) is 142 cm³/mol. The van der Waals surface area contributed by atoms with Crippen LogP contribution < -0.4 is 14.2 Å². The first kappa shape index (κ1) is 23.5. The van der Waals surface area contributed by atoms with Crippen LogP contribution in [0.1, 0.15) is 42.5 Å². The molecular formula is C31H35NO3. The van der Waals surface area contributed by atoms with Gasteiger partial charge >= 0.3 is 0 Å². The second-order valence-electron chi connectivity index (χ2n) is 9.86. The van der Waals surface area contributed by atoms with Crippen LogP contribution in [0.25, 0.3) is 11.1 Å². The van der Waals surface area contributed by atoms with Crippen molar-refractivity contribution < 1.29 is 14.2 Å². The summed E-state index contributed by atoms with van der Waals surface area (Å²) in [7, 11) is 3.43. The van der Waals surface area contributed by atoms with Crippen LogP contribution in [-0.2, 0) is 6.42 Å². The number of rotatable bonds is 8. The first-order chi connectivity index (χ1) is 17.1. The lowest BCUT2D eigenvalue weighted by molar-refractivity contribution is 0.169. The molecule has 1 heterocycles. The van der Waals surface area contributed by atoms with Crippen molar-refractivity contribution in [1.82, 2.24) is 4.90 Å². The molecule has 1 saturated heterocycles. The molecule has 0 spiro atoms. The Hall–Kier alpha value is -3.24. The van der Waals surface area contributed by atoms with Crippen molar-refractivity contribution in [2.75, 3.05) is 33.9 Å². The van der Waals surface area contributed by atoms with E-state index in [0.717, 1.165) is 29.6 Å². The van der Waals surface area contributed by atoms with Crippen LogP contribution >= 0.6 is 0 Å². The summed E-state index contributed by atoms with van der Waals surface area (Å²) in [5, 5.41) is 0. The fourth-order valence-electron chi connectivity index (χ4n) is 5.33. The molecule has 4 heteroatoms. The molecule has 0 bridgehead atoms. The molecule has 0 saturated carbocycles. The first-order valence-corrected chi connectivity index (χ1v) is 12.6. The summed E-state index contributed by atoms with van der Waals surface area (Å²) in [4.78, 5) is 2.54. The van der Waals surface area contributed by atoms with E-state index < -0.39 is 0 Å². The maximum absolute atomic E-state index is 6.18. The van der Waals surface area contributed by atoms with Crippen molar-refractivity contribution in [3.05, 3.63) is 89.0 Å². The Balaban J connectivity index is 1.42. The van der Waals surface area contributed by atoms with Gasteiger partial charge in [0.05, 0.1) is 14.2 Å². The summed E-state index contributed by atoms with van der Waals surface area (Å²) in [6, 6.07) is 23.7. The topological polar surface area (TPSA) is 30.9 Å². The van der Waals surface area contributed by atoms with Gasteiger partial charge in [-0.1, -0.05) is 37.3 Å². The van der Waals surface area contributed by atoms with Gasteiger partial charge in [0.25, 0.3) is 0 Å². The van der Waals surface area contributed by atoms with Crippen LogP contribution in [0.2, 0.25) is 0 Å². The van der Waals surface area contributed by atoms with Crippen LogP contribution in [0.4, 0.5) is 0 Å². The van der Waals surface area contributed by atoms with Gasteiger partial charge in [-0.05, 0) is 102 Å². The van der Waals surface area contributed by atoms with Gasteiger partial charge in [0.2, 0.25) is 0 Å². The van der Waals surface area contributed by atoms with Crippen LogP contribution in [0.15, 0.2) is 66.7 Å². The number of fused-ring (bicyclic) bond motifs is 1. The van der Waals surface area contributed by atoms with Gasteiger partial charge < -0.3 is 14.2 Å². The van der Waals surface area contributed by atoms with Gasteiger partial charge in [-0.25, -0.2) is 0 Å². The SMILES string of the molecule is COc1cccc(C2=C(c3ccc(OCC(C)N4CCC(C)C4)cc3)c3ccc(OC)cc3C2)c1. The minimum Gasteiger partial charge on any atom is -0.497 e. The number of hydrogen-bond acceptors (Lipinski definition) is 4. The summed E-state index contributed by atoms with van der Waals surface area (Å²) < 4.78 is 17.2. The molecule has 2 atom stereocenters. The number of benzene rings is 3. The average molecular weight is 470 g/mol. The van der Waals surface area contributed by atoms with E-state index in [1.165, 1.54) is 52.9 Å². The molecule has 3 aromatic rings. The first-order valence-electron chi connectivity index (χ1n) is 12.6. The second kappa shape index (κ2) is 10.2. The minimum atomic E-state index is 0.429. The predicted octanol–water partition coefficient (Wildman–Crippen LogP) is 6.33. The van der Waals surface area contributed by atoms with Gasteiger partial charge in [0.15, 0.2) is 0 Å². The highest BCUT2D eigenvalue weighted by Gasteiger charge is 2.25. The Morgan fingerprint density at radius 3 is 2.34 bits per heavy atom. The van der Waals surface area contributed by atoms with E-state index in [-0.39, 0.29) is 0 Å². The van der Waals surface area contributed by atoms with Gasteiger partial charge in [0.1, 0.15) is 23.9 Å². The van der Waals surface area contributed by atoms with Gasteiger partial charge in [-0.2, -0.15) is 0 Å². The van der Waals surface area contributed by atoms with Gasteiger partial charge in [-0.3, -0.25) is 4.90 Å². The summed E-state index contributed by atoms with van der Waals surface area (Å²) in [6.07, 6.45) is 2.15. The summed E-state index contributed by atoms with van der Waals surface area (Å²) in [5.41, 5.74) is 7.49. The molecule has 2 aliphatic rings. The van der Waals surface area contributed by atoms with E-state index in [0.29, 0.717) is 12.6 Å². The molecule has 5 rings (SSSR count). The maximum atomic E-state index is 6.18. The van der Waals surface area contributed by atoms with Crippen molar-refractivity contribution in [1.29, 1.82) is 0 Å². The standard InChI is InChI=1S/C31H35NO3/c1-21-14-15-32(19-21)22(2)20-35-26-10-8-23(9-11-26)31-29-13-12-28(34-4)17-25(29)18-30(31)24-6-5-7-27(16-24)33-3/h5-13,16-17,21-22H,14-15,18-20H2,1-4H3. The minimum absolute atomic E-state index is 0.429. The lowest BCUT2D eigenvalue weighted by Crippen LogP contribution is -2.35. The van der Waals surface area contributed by atoms with Crippen molar-refractivity contribution in [2.45, 2.75) is 32.7 Å². The van der Waals surface area contributed by atoms with Gasteiger partial charge in [-0.15, -0.1) is 0 Å². The molecule has 0 amide bonds. The second-order valence-corrected chi connectivity index (χ2v) is 9.86. The van der Waals surface area contributed by atoms with E-state index in [9.17, 15) is 0 Å². The van der Waals surface area contributed by atoms with Crippen LogP contribution in [0, 0.1) is 5.92 Å². The molecule has 0 aromatic heterocycles. The quantitative estimate of drug-likeness (QED) is 0.386. The molecule has 0 N–H and O–H groups in total. The summed E-state index contributed by atoms with van der Waals surface area (Å²) in [6.45, 7) is 7.66. The Morgan fingerprint density at radius 1 is 0.886 bits per heavy atom. The number of allylic oxidation sites excluding steroid dienone is 1. The number of methoxy groups -OCH3 is 2. The highest BCUT2D eigenvalue weighted by Crippen LogP contribution is 2.44. The molecule has 2 unspecified atom stereocenters. The molecule has 182 valence electrons. The zero-order valence-corrected chi connectivity index (χ0v) is 21.2. The fourth-order valence-corrected chi connectivity index (χ4v) is 5.33. The van der Waals surface area contributed by atoms with Crippen molar-refractivity contribution in [3.8, 4) is 17.2 Å². The van der Waals surface area contributed by atoms with Gasteiger partial charge in [0, 0.05) is 12.6 Å². The lowest BCUT2D eigenvalue weighted by atomic mass is 9.94. The summed E-state index contributed by atoms with van der Waals surface area (Å²) >= 11 is 0. The molecule has 3 aromatic carbocycles. The largest absolute Gasteiger partial charge is 0.497 e. The molecule has 35 heavy (non-hydrogen) atoms. The van der Waals surface area contributed by atoms with E-state index >= 15 is 0 Å². The smallest absolute Gasteiger partial charge is 0.119 e. The van der Waals surface area contributed by atoms with E-state index in [1.807, 2.05) is 12.1 Å². The Kier molecular flexibility index (Phi) is 6.83. The molecule has 4 nitrogen and oxygen atoms in total. The van der Waals surface area contributed by atoms with Crippen molar-refractivity contribution >= 4 is 11.1 Å². The Morgan fingerprint density at radius 2 is 1.63 bits per heavy atom. The van der Waals surface area contributed by atoms with E-state index in [1.54, 1.807) is 14.2 Å². The number of ether oxygens (including phenoxy) is 3. The molecular weight excluding hydrogens is 434 g/mol. The number of likely N-dealkylation sites (tertiary alicyclic amines) is 1. The van der Waals surface area contributed by atoms with Crippen molar-refractivity contribution in [2.24, 2.45) is 5.92 Å². The normalized spacial score (nSPS) is 18.5. The number of hydrogen-bond donors (Lipinski definition) is 0. The van der Waals surface area contributed by atoms with Crippen LogP contribution in [0.3, 0.4) is 0 Å². The van der Waals surface area contributed by atoms with Crippen LogP contribution in [-0.4, -0.2) is 44.9 Å². The lowest BCUT2D eigenvalue weighted by Gasteiger charge is -2.24. The highest BCUT2D eigenvalue weighted by molar-refractivity contribution is 6.04. The molecule has 0 radical (unpaired) electrons. The third-order valence-electron chi connectivity index (χ3n) is 7.38. The van der Waals surface area contributed by atoms with E-state index in [2.05, 4.69) is 73.3 Å². The summed E-state index contributed by atoms with van der Waals surface area (Å²) in [5.74, 6) is 3.47. The molecule has 1 aliphatic heterocycles. The number of nitrogens with zero attached hydrogens (tertiary/aromatic N) is 1. The average Bonchev–Trinajstić information content (AvgIpc) is 3.51. The highest BCUT2D eigenvalue weighted by atomic mass is 16.5. The zero-order valence-electron chi connectivity index (χ0n) is 21.2. The molecule has 1 fully saturated rings. The Bertz CT molecular complexity index is 1210. The third kappa shape index (κ3) is 4.94. The van der Waals surface area contributed by atoms with Crippen molar-refractivity contribution in [3.63, 3.8) is 0 Å². The zero-order chi connectivity index (χ0) is 24.4. The van der Waals surface area contributed by atoms with Crippen LogP contribution in [0.5, 0.6) is 17.2 Å². The van der Waals surface area contributed by atoms with E-state index in [4.69, 9.17) is 14.2 Å². The molecule has 1 aliphatic carbocycles.